The summed E-state index contributed by atoms with van der Waals surface area (Å²) in [6, 6.07) is 16.6. The molecule has 2 aromatic rings. The summed E-state index contributed by atoms with van der Waals surface area (Å²) in [4.78, 5) is -0.198. The average Bonchev–Trinajstić information content (AvgIpc) is 2.54. The number of hydrogen-bond donors (Lipinski definition) is 0. The van der Waals surface area contributed by atoms with Crippen LogP contribution in [-0.4, -0.2) is 15.0 Å². The van der Waals surface area contributed by atoms with Crippen molar-refractivity contribution in [3.05, 3.63) is 65.1 Å². The normalized spacial score (nSPS) is 11.7. The third-order valence-corrected chi connectivity index (χ3v) is 4.60. The Morgan fingerprint density at radius 2 is 1.91 bits per heavy atom. The summed E-state index contributed by atoms with van der Waals surface area (Å²) in [5.41, 5.74) is 0.599. The van der Waals surface area contributed by atoms with Crippen LogP contribution in [0.3, 0.4) is 0 Å². The van der Waals surface area contributed by atoms with Crippen molar-refractivity contribution in [1.82, 2.24) is 0 Å². The van der Waals surface area contributed by atoms with Gasteiger partial charge in [-0.3, -0.25) is 0 Å². The molecular weight excluding hydrogens is 298 g/mol. The van der Waals surface area contributed by atoms with Crippen LogP contribution in [-0.2, 0) is 9.84 Å². The first-order chi connectivity index (χ1) is 10.6. The van der Waals surface area contributed by atoms with Crippen molar-refractivity contribution < 1.29 is 13.2 Å². The van der Waals surface area contributed by atoms with E-state index in [1.54, 1.807) is 48.5 Å². The zero-order valence-corrected chi connectivity index (χ0v) is 12.9. The van der Waals surface area contributed by atoms with Gasteiger partial charge in [-0.1, -0.05) is 30.3 Å². The second-order valence-electron chi connectivity index (χ2n) is 4.44. The Morgan fingerprint density at radius 3 is 2.55 bits per heavy atom. The van der Waals surface area contributed by atoms with Gasteiger partial charge in [-0.2, -0.15) is 5.26 Å². The second-order valence-corrected chi connectivity index (χ2v) is 6.36. The van der Waals surface area contributed by atoms with Crippen molar-refractivity contribution in [3.63, 3.8) is 0 Å². The lowest BCUT2D eigenvalue weighted by Crippen LogP contribution is -2.03. The van der Waals surface area contributed by atoms with Crippen LogP contribution in [0.15, 0.2) is 64.4 Å². The van der Waals surface area contributed by atoms with Crippen molar-refractivity contribution in [1.29, 1.82) is 5.26 Å². The quantitative estimate of drug-likeness (QED) is 0.793. The highest BCUT2D eigenvalue weighted by Crippen LogP contribution is 2.22. The minimum absolute atomic E-state index is 0.101. The van der Waals surface area contributed by atoms with Crippen LogP contribution >= 0.6 is 0 Å². The fraction of sp³-hybridized carbons (Fsp3) is 0.118. The summed E-state index contributed by atoms with van der Waals surface area (Å²) < 4.78 is 30.3. The summed E-state index contributed by atoms with van der Waals surface area (Å²) in [5, 5.41) is 9.23. The molecule has 22 heavy (non-hydrogen) atoms. The van der Waals surface area contributed by atoms with Gasteiger partial charge >= 0.3 is 0 Å². The predicted octanol–water partition coefficient (Wildman–Crippen LogP) is 3.42. The smallest absolute Gasteiger partial charge is 0.216 e. The monoisotopic (exact) mass is 313 g/mol. The van der Waals surface area contributed by atoms with Crippen LogP contribution < -0.4 is 4.74 Å². The van der Waals surface area contributed by atoms with E-state index in [0.29, 0.717) is 17.9 Å². The lowest BCUT2D eigenvalue weighted by atomic mass is 10.2. The lowest BCUT2D eigenvalue weighted by molar-refractivity contribution is 0.340. The van der Waals surface area contributed by atoms with E-state index < -0.39 is 9.84 Å². The van der Waals surface area contributed by atoms with Crippen molar-refractivity contribution in [2.24, 2.45) is 0 Å². The Hall–Kier alpha value is -2.58. The molecule has 4 nitrogen and oxygen atoms in total. The first-order valence-electron chi connectivity index (χ1n) is 6.72. The van der Waals surface area contributed by atoms with Gasteiger partial charge in [0.25, 0.3) is 0 Å². The predicted molar refractivity (Wildman–Crippen MR) is 84.8 cm³/mol. The Morgan fingerprint density at radius 1 is 1.18 bits per heavy atom. The number of nitrogens with zero attached hydrogens (tertiary/aromatic N) is 1. The number of ether oxygens (including phenoxy) is 1. The maximum absolute atomic E-state index is 12.5. The molecular formula is C17H15NO3S. The Balaban J connectivity index is 2.44. The van der Waals surface area contributed by atoms with Crippen LogP contribution in [0.1, 0.15) is 12.5 Å². The van der Waals surface area contributed by atoms with Gasteiger partial charge < -0.3 is 4.74 Å². The molecule has 5 heteroatoms. The molecule has 0 aromatic heterocycles. The van der Waals surface area contributed by atoms with Crippen LogP contribution in [0.2, 0.25) is 0 Å². The summed E-state index contributed by atoms with van der Waals surface area (Å²) in [6.07, 6.45) is 1.35. The first-order valence-corrected chi connectivity index (χ1v) is 8.21. The van der Waals surface area contributed by atoms with E-state index in [2.05, 4.69) is 0 Å². The lowest BCUT2D eigenvalue weighted by Gasteiger charge is -2.05. The summed E-state index contributed by atoms with van der Waals surface area (Å²) >= 11 is 0. The Labute approximate surface area is 130 Å². The molecule has 0 amide bonds. The highest BCUT2D eigenvalue weighted by molar-refractivity contribution is 7.95. The van der Waals surface area contributed by atoms with Crippen LogP contribution in [0.4, 0.5) is 0 Å². The molecule has 0 aliphatic heterocycles. The van der Waals surface area contributed by atoms with Gasteiger partial charge in [-0.25, -0.2) is 8.42 Å². The third-order valence-electron chi connectivity index (χ3n) is 2.92. The minimum Gasteiger partial charge on any atom is -0.494 e. The highest BCUT2D eigenvalue weighted by Gasteiger charge is 2.20. The standard InChI is InChI=1S/C17H15NO3S/c1-2-21-15-8-6-7-14(11-15)12-17(13-18)22(19,20)16-9-4-3-5-10-16/h3-12H,2H2,1H3/b17-12-. The van der Waals surface area contributed by atoms with Crippen molar-refractivity contribution in [2.45, 2.75) is 11.8 Å². The molecule has 0 atom stereocenters. The van der Waals surface area contributed by atoms with E-state index in [1.165, 1.54) is 18.2 Å². The van der Waals surface area contributed by atoms with Crippen LogP contribution in [0, 0.1) is 11.3 Å². The zero-order chi connectivity index (χ0) is 16.0. The third kappa shape index (κ3) is 3.54. The van der Waals surface area contributed by atoms with Crippen molar-refractivity contribution in [3.8, 4) is 11.8 Å². The Bertz CT molecular complexity index is 818. The topological polar surface area (TPSA) is 67.2 Å². The molecule has 0 aliphatic carbocycles. The molecule has 112 valence electrons. The van der Waals surface area contributed by atoms with Gasteiger partial charge in [0, 0.05) is 0 Å². The molecule has 0 aliphatic rings. The van der Waals surface area contributed by atoms with Gasteiger partial charge in [0.05, 0.1) is 11.5 Å². The zero-order valence-electron chi connectivity index (χ0n) is 12.1. The molecule has 0 heterocycles. The molecule has 2 aromatic carbocycles. The summed E-state index contributed by atoms with van der Waals surface area (Å²) in [5.74, 6) is 0.630. The molecule has 0 N–H and O–H groups in total. The molecule has 0 fully saturated rings. The maximum Gasteiger partial charge on any atom is 0.216 e. The summed E-state index contributed by atoms with van der Waals surface area (Å²) in [6.45, 7) is 2.38. The van der Waals surface area contributed by atoms with Crippen LogP contribution in [0.25, 0.3) is 6.08 Å². The number of hydrogen-bond acceptors (Lipinski definition) is 4. The number of allylic oxidation sites excluding steroid dienone is 1. The van der Waals surface area contributed by atoms with E-state index in [0.717, 1.165) is 0 Å². The van der Waals surface area contributed by atoms with E-state index in [-0.39, 0.29) is 9.80 Å². The fourth-order valence-corrected chi connectivity index (χ4v) is 3.09. The van der Waals surface area contributed by atoms with E-state index in [9.17, 15) is 13.7 Å². The molecule has 0 saturated heterocycles. The van der Waals surface area contributed by atoms with Crippen LogP contribution in [0.5, 0.6) is 5.75 Å². The SMILES string of the molecule is CCOc1cccc(/C=C(/C#N)S(=O)(=O)c2ccccc2)c1. The number of sulfone groups is 1. The molecule has 0 spiro atoms. The molecule has 0 unspecified atom stereocenters. The maximum atomic E-state index is 12.5. The van der Waals surface area contributed by atoms with Gasteiger partial charge in [-0.05, 0) is 42.8 Å². The van der Waals surface area contributed by atoms with E-state index >= 15 is 0 Å². The van der Waals surface area contributed by atoms with Crippen molar-refractivity contribution in [2.75, 3.05) is 6.61 Å². The molecule has 0 bridgehead atoms. The highest BCUT2D eigenvalue weighted by atomic mass is 32.2. The van der Waals surface area contributed by atoms with Gasteiger partial charge in [-0.15, -0.1) is 0 Å². The molecule has 2 rings (SSSR count). The molecule has 0 radical (unpaired) electrons. The van der Waals surface area contributed by atoms with E-state index in [1.807, 2.05) is 6.92 Å². The number of benzene rings is 2. The van der Waals surface area contributed by atoms with Crippen molar-refractivity contribution >= 4 is 15.9 Å². The fourth-order valence-electron chi connectivity index (χ4n) is 1.91. The average molecular weight is 313 g/mol. The number of rotatable bonds is 5. The Kier molecular flexibility index (Phi) is 4.97. The first kappa shape index (κ1) is 15.8. The van der Waals surface area contributed by atoms with Gasteiger partial charge in [0.15, 0.2) is 0 Å². The molecule has 0 saturated carbocycles. The van der Waals surface area contributed by atoms with Gasteiger partial charge in [0.1, 0.15) is 16.7 Å². The second kappa shape index (κ2) is 6.92. The summed E-state index contributed by atoms with van der Waals surface area (Å²) in [7, 11) is -3.82. The number of nitriles is 1. The van der Waals surface area contributed by atoms with E-state index in [4.69, 9.17) is 4.74 Å². The largest absolute Gasteiger partial charge is 0.494 e. The van der Waals surface area contributed by atoms with Gasteiger partial charge in [0.2, 0.25) is 9.84 Å². The minimum atomic E-state index is -3.82.